The molecular formula is C13H23N3. The molecule has 0 saturated carbocycles. The van der Waals surface area contributed by atoms with Crippen LogP contribution in [0.2, 0.25) is 0 Å². The number of hydrogen-bond donors (Lipinski definition) is 1. The molecule has 0 aliphatic heterocycles. The van der Waals surface area contributed by atoms with Gasteiger partial charge in [0.25, 0.3) is 0 Å². The average molecular weight is 221 g/mol. The van der Waals surface area contributed by atoms with Crippen LogP contribution >= 0.6 is 0 Å². The van der Waals surface area contributed by atoms with Crippen LogP contribution in [-0.2, 0) is 0 Å². The lowest BCUT2D eigenvalue weighted by Crippen LogP contribution is -2.40. The molecule has 2 N–H and O–H groups in total. The molecule has 3 nitrogen and oxygen atoms in total. The fraction of sp³-hybridized carbons (Fsp3) is 0.615. The number of aromatic nitrogens is 1. The van der Waals surface area contributed by atoms with Gasteiger partial charge in [-0.3, -0.25) is 0 Å². The molecule has 0 spiro atoms. The number of nitrogen functional groups attached to an aromatic ring is 1. The van der Waals surface area contributed by atoms with E-state index in [-0.39, 0.29) is 5.41 Å². The number of hydrogen-bond acceptors (Lipinski definition) is 3. The molecule has 1 unspecified atom stereocenters. The lowest BCUT2D eigenvalue weighted by Gasteiger charge is -2.36. The van der Waals surface area contributed by atoms with Gasteiger partial charge in [0.2, 0.25) is 0 Å². The number of nitrogens with zero attached hydrogens (tertiary/aromatic N) is 2. The van der Waals surface area contributed by atoms with Gasteiger partial charge in [0.1, 0.15) is 0 Å². The Morgan fingerprint density at radius 2 is 1.94 bits per heavy atom. The quantitative estimate of drug-likeness (QED) is 0.835. The molecule has 16 heavy (non-hydrogen) atoms. The summed E-state index contributed by atoms with van der Waals surface area (Å²) in [5.41, 5.74) is 8.05. The fourth-order valence-corrected chi connectivity index (χ4v) is 1.64. The highest BCUT2D eigenvalue weighted by atomic mass is 15.2. The first-order chi connectivity index (χ1) is 7.23. The van der Waals surface area contributed by atoms with Gasteiger partial charge in [-0.25, -0.2) is 4.98 Å². The van der Waals surface area contributed by atoms with Gasteiger partial charge in [-0.05, 0) is 30.9 Å². The Hall–Kier alpha value is -1.25. The van der Waals surface area contributed by atoms with Crippen LogP contribution in [0.3, 0.4) is 0 Å². The Bertz CT molecular complexity index is 366. The third-order valence-electron chi connectivity index (χ3n) is 3.20. The molecule has 0 bridgehead atoms. The molecule has 0 aliphatic rings. The van der Waals surface area contributed by atoms with Crippen molar-refractivity contribution >= 4 is 11.5 Å². The molecule has 90 valence electrons. The minimum Gasteiger partial charge on any atom is -0.396 e. The van der Waals surface area contributed by atoms with Crippen molar-refractivity contribution in [3.05, 3.63) is 17.8 Å². The Balaban J connectivity index is 3.01. The highest BCUT2D eigenvalue weighted by Crippen LogP contribution is 2.29. The highest BCUT2D eigenvalue weighted by molar-refractivity contribution is 5.63. The van der Waals surface area contributed by atoms with E-state index in [0.29, 0.717) is 6.04 Å². The van der Waals surface area contributed by atoms with Crippen LogP contribution in [0.4, 0.5) is 11.5 Å². The number of anilines is 2. The highest BCUT2D eigenvalue weighted by Gasteiger charge is 2.25. The third-order valence-corrected chi connectivity index (χ3v) is 3.20. The average Bonchev–Trinajstić information content (AvgIpc) is 2.14. The molecule has 1 aromatic heterocycles. The second kappa shape index (κ2) is 4.32. The molecule has 1 atom stereocenters. The van der Waals surface area contributed by atoms with E-state index in [1.807, 2.05) is 26.2 Å². The summed E-state index contributed by atoms with van der Waals surface area (Å²) in [5, 5.41) is 0. The van der Waals surface area contributed by atoms with Gasteiger partial charge in [0, 0.05) is 19.3 Å². The molecule has 1 aromatic rings. The molecule has 0 aliphatic carbocycles. The summed E-state index contributed by atoms with van der Waals surface area (Å²) in [4.78, 5) is 6.56. The monoisotopic (exact) mass is 221 g/mol. The van der Waals surface area contributed by atoms with E-state index in [4.69, 9.17) is 5.73 Å². The summed E-state index contributed by atoms with van der Waals surface area (Å²) in [6.07, 6.45) is 1.86. The fourth-order valence-electron chi connectivity index (χ4n) is 1.64. The molecule has 0 saturated heterocycles. The number of rotatable bonds is 2. The zero-order valence-electron chi connectivity index (χ0n) is 11.2. The van der Waals surface area contributed by atoms with Gasteiger partial charge in [-0.1, -0.05) is 20.8 Å². The molecule has 0 amide bonds. The van der Waals surface area contributed by atoms with E-state index >= 15 is 0 Å². The summed E-state index contributed by atoms with van der Waals surface area (Å²) in [5.74, 6) is 0.869. The van der Waals surface area contributed by atoms with Crippen molar-refractivity contribution in [3.63, 3.8) is 0 Å². The minimum atomic E-state index is 0.202. The number of aryl methyl sites for hydroxylation is 1. The first-order valence-corrected chi connectivity index (χ1v) is 5.68. The maximum absolute atomic E-state index is 6.00. The van der Waals surface area contributed by atoms with Crippen molar-refractivity contribution in [1.82, 2.24) is 4.98 Å². The molecule has 3 heteroatoms. The zero-order valence-corrected chi connectivity index (χ0v) is 11.2. The summed E-state index contributed by atoms with van der Waals surface area (Å²) in [7, 11) is 2.05. The summed E-state index contributed by atoms with van der Waals surface area (Å²) >= 11 is 0. The third kappa shape index (κ3) is 2.65. The minimum absolute atomic E-state index is 0.202. The van der Waals surface area contributed by atoms with Crippen LogP contribution in [0.5, 0.6) is 0 Å². The smallest absolute Gasteiger partial charge is 0.151 e. The Morgan fingerprint density at radius 3 is 2.38 bits per heavy atom. The summed E-state index contributed by atoms with van der Waals surface area (Å²) in [6, 6.07) is 2.35. The van der Waals surface area contributed by atoms with Crippen molar-refractivity contribution in [2.45, 2.75) is 40.7 Å². The topological polar surface area (TPSA) is 42.2 Å². The van der Waals surface area contributed by atoms with Crippen LogP contribution < -0.4 is 10.6 Å². The lowest BCUT2D eigenvalue weighted by molar-refractivity contribution is 0.329. The number of nitrogens with two attached hydrogens (primary N) is 1. The maximum atomic E-state index is 6.00. The van der Waals surface area contributed by atoms with E-state index in [2.05, 4.69) is 37.6 Å². The van der Waals surface area contributed by atoms with Gasteiger partial charge in [-0.15, -0.1) is 0 Å². The standard InChI is InChI=1S/C13H23N3/c1-9-7-11(14)12(15-8-9)16(6)10(2)13(3,4)5/h7-8,10H,14H2,1-6H3. The van der Waals surface area contributed by atoms with Crippen LogP contribution in [0.1, 0.15) is 33.3 Å². The molecule has 0 aromatic carbocycles. The van der Waals surface area contributed by atoms with Crippen LogP contribution in [-0.4, -0.2) is 18.1 Å². The Labute approximate surface area is 98.7 Å². The van der Waals surface area contributed by atoms with Gasteiger partial charge in [0.15, 0.2) is 5.82 Å². The molecular weight excluding hydrogens is 198 g/mol. The summed E-state index contributed by atoms with van der Waals surface area (Å²) in [6.45, 7) is 10.9. The number of pyridine rings is 1. The van der Waals surface area contributed by atoms with E-state index in [1.165, 1.54) is 0 Å². The van der Waals surface area contributed by atoms with Crippen LogP contribution in [0, 0.1) is 12.3 Å². The van der Waals surface area contributed by atoms with Gasteiger partial charge < -0.3 is 10.6 Å². The Kier molecular flexibility index (Phi) is 3.46. The van der Waals surface area contributed by atoms with Crippen molar-refractivity contribution in [2.75, 3.05) is 17.7 Å². The zero-order chi connectivity index (χ0) is 12.5. The van der Waals surface area contributed by atoms with Gasteiger partial charge in [-0.2, -0.15) is 0 Å². The predicted octanol–water partition coefficient (Wildman–Crippen LogP) is 2.84. The first kappa shape index (κ1) is 12.8. The first-order valence-electron chi connectivity index (χ1n) is 5.68. The SMILES string of the molecule is Cc1cnc(N(C)C(C)C(C)(C)C)c(N)c1. The second-order valence-electron chi connectivity index (χ2n) is 5.58. The lowest BCUT2D eigenvalue weighted by atomic mass is 9.87. The van der Waals surface area contributed by atoms with E-state index in [1.54, 1.807) is 0 Å². The molecule has 0 radical (unpaired) electrons. The maximum Gasteiger partial charge on any atom is 0.151 e. The van der Waals surface area contributed by atoms with Crippen LogP contribution in [0.15, 0.2) is 12.3 Å². The van der Waals surface area contributed by atoms with E-state index in [0.717, 1.165) is 17.1 Å². The van der Waals surface area contributed by atoms with Crippen molar-refractivity contribution in [2.24, 2.45) is 5.41 Å². The predicted molar refractivity (Wildman–Crippen MR) is 70.7 cm³/mol. The largest absolute Gasteiger partial charge is 0.396 e. The van der Waals surface area contributed by atoms with E-state index < -0.39 is 0 Å². The summed E-state index contributed by atoms with van der Waals surface area (Å²) < 4.78 is 0. The molecule has 0 fully saturated rings. The van der Waals surface area contributed by atoms with Gasteiger partial charge >= 0.3 is 0 Å². The van der Waals surface area contributed by atoms with Crippen molar-refractivity contribution in [1.29, 1.82) is 0 Å². The van der Waals surface area contributed by atoms with Crippen molar-refractivity contribution in [3.8, 4) is 0 Å². The van der Waals surface area contributed by atoms with E-state index in [9.17, 15) is 0 Å². The van der Waals surface area contributed by atoms with Crippen LogP contribution in [0.25, 0.3) is 0 Å². The molecule has 1 heterocycles. The van der Waals surface area contributed by atoms with Crippen molar-refractivity contribution < 1.29 is 0 Å². The Morgan fingerprint density at radius 1 is 1.38 bits per heavy atom. The van der Waals surface area contributed by atoms with Gasteiger partial charge in [0.05, 0.1) is 5.69 Å². The second-order valence-corrected chi connectivity index (χ2v) is 5.58. The normalized spacial score (nSPS) is 13.6. The molecule has 1 rings (SSSR count).